The van der Waals surface area contributed by atoms with Crippen molar-refractivity contribution in [1.82, 2.24) is 9.55 Å². The number of imidazole rings is 1. The molecule has 7 heteroatoms. The van der Waals surface area contributed by atoms with Gasteiger partial charge in [0, 0.05) is 24.4 Å². The standard InChI is InChI=1S/C20H18ClN3O3/c21-16-10-14(5-6-18(16)27-12-19(22)25)20-23-7-8-24(20)15-9-13-3-1-2-4-17(13)26-11-15/h1-8,10,15H,9,11-12H2,(H2,22,25). The highest BCUT2D eigenvalue weighted by Crippen LogP contribution is 2.34. The summed E-state index contributed by atoms with van der Waals surface area (Å²) in [5, 5.41) is 0.397. The second-order valence-electron chi connectivity index (χ2n) is 6.33. The zero-order valence-electron chi connectivity index (χ0n) is 14.5. The number of ether oxygens (including phenoxy) is 2. The van der Waals surface area contributed by atoms with E-state index in [1.54, 1.807) is 18.3 Å². The van der Waals surface area contributed by atoms with Gasteiger partial charge in [-0.15, -0.1) is 0 Å². The van der Waals surface area contributed by atoms with E-state index in [1.807, 2.05) is 30.5 Å². The number of halogens is 1. The minimum atomic E-state index is -0.553. The molecule has 2 aromatic carbocycles. The quantitative estimate of drug-likeness (QED) is 0.733. The molecule has 1 atom stereocenters. The zero-order chi connectivity index (χ0) is 18.8. The van der Waals surface area contributed by atoms with Gasteiger partial charge in [0.05, 0.1) is 11.1 Å². The van der Waals surface area contributed by atoms with Crippen molar-refractivity contribution in [3.8, 4) is 22.9 Å². The lowest BCUT2D eigenvalue weighted by atomic mass is 10.0. The number of fused-ring (bicyclic) bond motifs is 1. The van der Waals surface area contributed by atoms with Crippen LogP contribution in [0.25, 0.3) is 11.4 Å². The molecule has 2 N–H and O–H groups in total. The second-order valence-corrected chi connectivity index (χ2v) is 6.74. The van der Waals surface area contributed by atoms with Crippen molar-refractivity contribution in [3.63, 3.8) is 0 Å². The number of primary amides is 1. The Morgan fingerprint density at radius 2 is 2.19 bits per heavy atom. The van der Waals surface area contributed by atoms with Gasteiger partial charge in [0.1, 0.15) is 23.9 Å². The van der Waals surface area contributed by atoms with Crippen LogP contribution in [-0.4, -0.2) is 28.7 Å². The number of nitrogens with zero attached hydrogens (tertiary/aromatic N) is 2. The molecule has 0 aliphatic carbocycles. The SMILES string of the molecule is NC(=O)COc1ccc(-c2nccn2C2COc3ccccc3C2)cc1Cl. The molecular weight excluding hydrogens is 366 g/mol. The predicted octanol–water partition coefficient (Wildman–Crippen LogP) is 3.24. The van der Waals surface area contributed by atoms with E-state index in [0.717, 1.165) is 23.6 Å². The first-order chi connectivity index (χ1) is 13.1. The van der Waals surface area contributed by atoms with Gasteiger partial charge in [0.15, 0.2) is 6.61 Å². The molecule has 1 unspecified atom stereocenters. The molecular formula is C20H18ClN3O3. The number of carbonyl (C=O) groups is 1. The number of aromatic nitrogens is 2. The van der Waals surface area contributed by atoms with Crippen LogP contribution in [0.3, 0.4) is 0 Å². The zero-order valence-corrected chi connectivity index (χ0v) is 15.2. The monoisotopic (exact) mass is 383 g/mol. The van der Waals surface area contributed by atoms with Gasteiger partial charge in [-0.2, -0.15) is 0 Å². The third-order valence-corrected chi connectivity index (χ3v) is 4.78. The van der Waals surface area contributed by atoms with Crippen LogP contribution in [0, 0.1) is 0 Å². The normalized spacial score (nSPS) is 15.7. The van der Waals surface area contributed by atoms with Gasteiger partial charge >= 0.3 is 0 Å². The Morgan fingerprint density at radius 1 is 1.33 bits per heavy atom. The molecule has 138 valence electrons. The van der Waals surface area contributed by atoms with Crippen LogP contribution in [0.5, 0.6) is 11.5 Å². The van der Waals surface area contributed by atoms with Crippen molar-refractivity contribution in [2.45, 2.75) is 12.5 Å². The number of hydrogen-bond donors (Lipinski definition) is 1. The van der Waals surface area contributed by atoms with Gasteiger partial charge < -0.3 is 19.8 Å². The molecule has 0 spiro atoms. The van der Waals surface area contributed by atoms with Crippen LogP contribution >= 0.6 is 11.6 Å². The summed E-state index contributed by atoms with van der Waals surface area (Å²) in [7, 11) is 0. The van der Waals surface area contributed by atoms with Gasteiger partial charge in [-0.3, -0.25) is 4.79 Å². The van der Waals surface area contributed by atoms with Crippen LogP contribution in [0.4, 0.5) is 0 Å². The maximum absolute atomic E-state index is 10.9. The molecule has 1 aliphatic heterocycles. The van der Waals surface area contributed by atoms with E-state index in [-0.39, 0.29) is 12.6 Å². The molecule has 0 radical (unpaired) electrons. The van der Waals surface area contributed by atoms with E-state index in [9.17, 15) is 4.79 Å². The fourth-order valence-electron chi connectivity index (χ4n) is 3.23. The van der Waals surface area contributed by atoms with E-state index in [0.29, 0.717) is 17.4 Å². The average molecular weight is 384 g/mol. The van der Waals surface area contributed by atoms with Gasteiger partial charge in [-0.05, 0) is 29.8 Å². The third kappa shape index (κ3) is 3.61. The molecule has 1 aliphatic rings. The Balaban J connectivity index is 1.59. The Morgan fingerprint density at radius 3 is 3.00 bits per heavy atom. The fraction of sp³-hybridized carbons (Fsp3) is 0.200. The van der Waals surface area contributed by atoms with Crippen LogP contribution in [0.1, 0.15) is 11.6 Å². The van der Waals surface area contributed by atoms with Gasteiger partial charge in [-0.1, -0.05) is 29.8 Å². The largest absolute Gasteiger partial charge is 0.491 e. The lowest BCUT2D eigenvalue weighted by Crippen LogP contribution is -2.24. The van der Waals surface area contributed by atoms with Crippen LogP contribution < -0.4 is 15.2 Å². The highest BCUT2D eigenvalue weighted by molar-refractivity contribution is 6.32. The Bertz CT molecular complexity index is 986. The van der Waals surface area contributed by atoms with Crippen LogP contribution in [-0.2, 0) is 11.2 Å². The number of rotatable bonds is 5. The summed E-state index contributed by atoms with van der Waals surface area (Å²) >= 11 is 6.30. The van der Waals surface area contributed by atoms with E-state index in [2.05, 4.69) is 15.6 Å². The first-order valence-electron chi connectivity index (χ1n) is 8.56. The van der Waals surface area contributed by atoms with Crippen molar-refractivity contribution in [3.05, 3.63) is 65.4 Å². The predicted molar refractivity (Wildman–Crippen MR) is 102 cm³/mol. The smallest absolute Gasteiger partial charge is 0.255 e. The van der Waals surface area contributed by atoms with E-state index >= 15 is 0 Å². The van der Waals surface area contributed by atoms with E-state index in [1.165, 1.54) is 5.56 Å². The molecule has 6 nitrogen and oxygen atoms in total. The number of para-hydroxylation sites is 1. The van der Waals surface area contributed by atoms with Gasteiger partial charge in [0.2, 0.25) is 0 Å². The van der Waals surface area contributed by atoms with E-state index < -0.39 is 5.91 Å². The molecule has 1 amide bonds. The molecule has 4 rings (SSSR count). The number of amides is 1. The van der Waals surface area contributed by atoms with Crippen LogP contribution in [0.15, 0.2) is 54.9 Å². The molecule has 27 heavy (non-hydrogen) atoms. The lowest BCUT2D eigenvalue weighted by Gasteiger charge is -2.27. The first-order valence-corrected chi connectivity index (χ1v) is 8.94. The summed E-state index contributed by atoms with van der Waals surface area (Å²) < 4.78 is 13.3. The maximum atomic E-state index is 10.9. The summed E-state index contributed by atoms with van der Waals surface area (Å²) in [4.78, 5) is 15.4. The van der Waals surface area contributed by atoms with Crippen molar-refractivity contribution in [2.75, 3.05) is 13.2 Å². The summed E-state index contributed by atoms with van der Waals surface area (Å²) in [5.41, 5.74) is 7.14. The molecule has 0 fully saturated rings. The average Bonchev–Trinajstić information content (AvgIpc) is 3.16. The van der Waals surface area contributed by atoms with Crippen molar-refractivity contribution >= 4 is 17.5 Å². The minimum Gasteiger partial charge on any atom is -0.491 e. The summed E-state index contributed by atoms with van der Waals surface area (Å²) in [6.45, 7) is 0.362. The summed E-state index contributed by atoms with van der Waals surface area (Å²) in [6, 6.07) is 13.6. The highest BCUT2D eigenvalue weighted by Gasteiger charge is 2.23. The highest BCUT2D eigenvalue weighted by atomic mass is 35.5. The molecule has 2 heterocycles. The molecule has 1 aromatic heterocycles. The number of benzene rings is 2. The van der Waals surface area contributed by atoms with Crippen LogP contribution in [0.2, 0.25) is 5.02 Å². The first kappa shape index (κ1) is 17.4. The summed E-state index contributed by atoms with van der Waals surface area (Å²) in [6.07, 6.45) is 4.58. The van der Waals surface area contributed by atoms with Crippen molar-refractivity contribution in [2.24, 2.45) is 5.73 Å². The van der Waals surface area contributed by atoms with Crippen molar-refractivity contribution in [1.29, 1.82) is 0 Å². The Labute approximate surface area is 161 Å². The fourth-order valence-corrected chi connectivity index (χ4v) is 3.46. The second kappa shape index (κ2) is 7.32. The number of nitrogens with two attached hydrogens (primary N) is 1. The Kier molecular flexibility index (Phi) is 4.73. The number of hydrogen-bond acceptors (Lipinski definition) is 4. The molecule has 0 saturated carbocycles. The number of carbonyl (C=O) groups excluding carboxylic acids is 1. The molecule has 0 bridgehead atoms. The maximum Gasteiger partial charge on any atom is 0.255 e. The lowest BCUT2D eigenvalue weighted by molar-refractivity contribution is -0.119. The van der Waals surface area contributed by atoms with E-state index in [4.69, 9.17) is 26.8 Å². The van der Waals surface area contributed by atoms with Gasteiger partial charge in [-0.25, -0.2) is 4.98 Å². The third-order valence-electron chi connectivity index (χ3n) is 4.48. The topological polar surface area (TPSA) is 79.4 Å². The molecule has 3 aromatic rings. The molecule has 0 saturated heterocycles. The Hall–Kier alpha value is -2.99. The minimum absolute atomic E-state index is 0.141. The van der Waals surface area contributed by atoms with Crippen molar-refractivity contribution < 1.29 is 14.3 Å². The van der Waals surface area contributed by atoms with Gasteiger partial charge in [0.25, 0.3) is 5.91 Å². The summed E-state index contributed by atoms with van der Waals surface area (Å²) in [5.74, 6) is 1.59.